The minimum atomic E-state index is -1.12. The number of ether oxygens (including phenoxy) is 3. The molecule has 32 heavy (non-hydrogen) atoms. The first-order chi connectivity index (χ1) is 15.3. The smallest absolute Gasteiger partial charge is 0.302 e. The number of benzene rings is 1. The van der Waals surface area contributed by atoms with Crippen LogP contribution in [0.25, 0.3) is 0 Å². The van der Waals surface area contributed by atoms with Gasteiger partial charge in [-0.3, -0.25) is 19.7 Å². The van der Waals surface area contributed by atoms with Gasteiger partial charge < -0.3 is 24.8 Å². The molecule has 0 bridgehead atoms. The number of nitrogens with one attached hydrogen (secondary N) is 1. The molecule has 1 aromatic carbocycles. The summed E-state index contributed by atoms with van der Waals surface area (Å²) in [6, 6.07) is 2.12. The third-order valence-electron chi connectivity index (χ3n) is 5.53. The molecule has 2 heterocycles. The first-order valence-corrected chi connectivity index (χ1v) is 10.8. The minimum Gasteiger partial charge on any atom is -0.492 e. The van der Waals surface area contributed by atoms with Crippen molar-refractivity contribution < 1.29 is 28.6 Å². The Bertz CT molecular complexity index is 916. The van der Waals surface area contributed by atoms with Crippen molar-refractivity contribution in [2.45, 2.75) is 58.0 Å². The fourth-order valence-electron chi connectivity index (χ4n) is 4.03. The lowest BCUT2D eigenvalue weighted by molar-refractivity contribution is -0.141. The van der Waals surface area contributed by atoms with E-state index in [1.54, 1.807) is 18.1 Å². The van der Waals surface area contributed by atoms with E-state index in [1.807, 2.05) is 13.0 Å². The van der Waals surface area contributed by atoms with Gasteiger partial charge in [0.15, 0.2) is 17.5 Å². The number of esters is 1. The van der Waals surface area contributed by atoms with Gasteiger partial charge in [0.1, 0.15) is 0 Å². The maximum absolute atomic E-state index is 12.2. The molecular weight excluding hydrogens is 416 g/mol. The Labute approximate surface area is 187 Å². The van der Waals surface area contributed by atoms with Crippen LogP contribution in [0.15, 0.2) is 17.1 Å². The first-order valence-electron chi connectivity index (χ1n) is 10.8. The monoisotopic (exact) mass is 446 g/mol. The van der Waals surface area contributed by atoms with Gasteiger partial charge in [-0.05, 0) is 31.9 Å². The quantitative estimate of drug-likeness (QED) is 0.301. The molecule has 1 fully saturated rings. The number of amides is 2. The number of hydrogen-bond acceptors (Lipinski definition) is 8. The summed E-state index contributed by atoms with van der Waals surface area (Å²) in [5.74, 6) is -0.0431. The van der Waals surface area contributed by atoms with Gasteiger partial charge >= 0.3 is 5.97 Å². The van der Waals surface area contributed by atoms with Crippen molar-refractivity contribution in [1.82, 2.24) is 10.2 Å². The number of nitrogens with two attached hydrogens (primary N) is 1. The Balaban J connectivity index is 1.61. The number of aliphatic imine (C=N–C) groups is 1. The van der Waals surface area contributed by atoms with Crippen LogP contribution in [0.4, 0.5) is 5.69 Å². The van der Waals surface area contributed by atoms with Gasteiger partial charge in [0, 0.05) is 12.5 Å². The second kappa shape index (κ2) is 10.3. The van der Waals surface area contributed by atoms with Crippen molar-refractivity contribution in [3.8, 4) is 11.5 Å². The van der Waals surface area contributed by atoms with E-state index in [0.29, 0.717) is 36.4 Å². The summed E-state index contributed by atoms with van der Waals surface area (Å²) in [6.07, 6.45) is 4.76. The molecule has 0 aliphatic carbocycles. The summed E-state index contributed by atoms with van der Waals surface area (Å²) >= 11 is 0. The van der Waals surface area contributed by atoms with Crippen LogP contribution in [-0.2, 0) is 19.1 Å². The maximum atomic E-state index is 12.2. The number of guanidine groups is 1. The van der Waals surface area contributed by atoms with Crippen molar-refractivity contribution >= 4 is 29.4 Å². The normalized spacial score (nSPS) is 18.9. The van der Waals surface area contributed by atoms with E-state index in [0.717, 1.165) is 37.7 Å². The van der Waals surface area contributed by atoms with Crippen molar-refractivity contribution in [3.05, 3.63) is 17.7 Å². The topological polar surface area (TPSA) is 133 Å². The average molecular weight is 447 g/mol. The van der Waals surface area contributed by atoms with Gasteiger partial charge in [-0.1, -0.05) is 19.3 Å². The van der Waals surface area contributed by atoms with Crippen LogP contribution < -0.4 is 20.5 Å². The molecule has 0 radical (unpaired) electrons. The third-order valence-corrected chi connectivity index (χ3v) is 5.53. The minimum absolute atomic E-state index is 0.244. The summed E-state index contributed by atoms with van der Waals surface area (Å²) in [5.41, 5.74) is 6.83. The van der Waals surface area contributed by atoms with Crippen LogP contribution in [-0.4, -0.2) is 55.0 Å². The summed E-state index contributed by atoms with van der Waals surface area (Å²) in [4.78, 5) is 40.8. The zero-order valence-electron chi connectivity index (χ0n) is 18.7. The van der Waals surface area contributed by atoms with Gasteiger partial charge in [-0.25, -0.2) is 4.99 Å². The second-order valence-electron chi connectivity index (χ2n) is 7.80. The third kappa shape index (κ3) is 4.95. The van der Waals surface area contributed by atoms with E-state index in [-0.39, 0.29) is 12.0 Å². The number of carbonyl (C=O) groups excluding carboxylic acids is 3. The Hall–Kier alpha value is -3.30. The number of fused-ring (bicyclic) bond motifs is 2. The second-order valence-corrected chi connectivity index (χ2v) is 7.80. The van der Waals surface area contributed by atoms with E-state index < -0.39 is 17.9 Å². The molecule has 2 amide bonds. The number of nitrogens with zero attached hydrogens (tertiary/aromatic N) is 2. The number of rotatable bonds is 11. The molecule has 2 aliphatic rings. The fourth-order valence-corrected chi connectivity index (χ4v) is 4.03. The zero-order chi connectivity index (χ0) is 23.3. The standard InChI is InChI=1S/C22H30N4O6/c1-13-17-15(24-22-25-21(29)18(20(23)28)26(13)22)9-10-16(19(17)30-3)32-12-8-6-4-5-7-11-31-14(2)27/h9-10,13,18H,4-8,11-12H2,1-3H3,(H2,23,28)(H,24,25,29). The molecular formula is C22H30N4O6. The molecule has 0 spiro atoms. The summed E-state index contributed by atoms with van der Waals surface area (Å²) in [6.45, 7) is 4.27. The molecule has 0 aromatic heterocycles. The number of unbranched alkanes of at least 4 members (excludes halogenated alkanes) is 4. The highest BCUT2D eigenvalue weighted by Gasteiger charge is 2.46. The van der Waals surface area contributed by atoms with Crippen LogP contribution in [0.3, 0.4) is 0 Å². The SMILES string of the molecule is COc1c(OCCCCCCCOC(C)=O)ccc2c1C(C)N1C(=N2)NC(=O)C1C(N)=O. The number of primary amides is 1. The molecule has 10 heteroatoms. The molecule has 3 rings (SSSR count). The van der Waals surface area contributed by atoms with Crippen LogP contribution in [0, 0.1) is 0 Å². The molecule has 1 saturated heterocycles. The van der Waals surface area contributed by atoms with Crippen LogP contribution in [0.2, 0.25) is 0 Å². The summed E-state index contributed by atoms with van der Waals surface area (Å²) in [7, 11) is 1.55. The van der Waals surface area contributed by atoms with Crippen molar-refractivity contribution in [2.75, 3.05) is 20.3 Å². The predicted octanol–water partition coefficient (Wildman–Crippen LogP) is 1.94. The number of methoxy groups -OCH3 is 1. The van der Waals surface area contributed by atoms with E-state index in [4.69, 9.17) is 19.9 Å². The van der Waals surface area contributed by atoms with Gasteiger partial charge in [-0.2, -0.15) is 0 Å². The predicted molar refractivity (Wildman–Crippen MR) is 117 cm³/mol. The van der Waals surface area contributed by atoms with E-state index >= 15 is 0 Å². The lowest BCUT2D eigenvalue weighted by Crippen LogP contribution is -2.47. The van der Waals surface area contributed by atoms with Gasteiger partial charge in [0.2, 0.25) is 11.9 Å². The molecule has 2 unspecified atom stereocenters. The van der Waals surface area contributed by atoms with E-state index in [2.05, 4.69) is 10.3 Å². The molecule has 2 atom stereocenters. The van der Waals surface area contributed by atoms with Crippen LogP contribution >= 0.6 is 0 Å². The van der Waals surface area contributed by atoms with Crippen molar-refractivity contribution in [1.29, 1.82) is 0 Å². The number of carbonyl (C=O) groups is 3. The Morgan fingerprint density at radius 2 is 1.84 bits per heavy atom. The largest absolute Gasteiger partial charge is 0.492 e. The zero-order valence-corrected chi connectivity index (χ0v) is 18.7. The van der Waals surface area contributed by atoms with Gasteiger partial charge in [-0.15, -0.1) is 0 Å². The van der Waals surface area contributed by atoms with Crippen LogP contribution in [0.5, 0.6) is 11.5 Å². The first kappa shape index (κ1) is 23.4. The Morgan fingerprint density at radius 1 is 1.16 bits per heavy atom. The lowest BCUT2D eigenvalue weighted by atomic mass is 10.00. The van der Waals surface area contributed by atoms with Crippen molar-refractivity contribution in [3.63, 3.8) is 0 Å². The highest BCUT2D eigenvalue weighted by Crippen LogP contribution is 2.46. The molecule has 3 N–H and O–H groups in total. The molecule has 1 aromatic rings. The van der Waals surface area contributed by atoms with Gasteiger partial charge in [0.05, 0.1) is 32.1 Å². The van der Waals surface area contributed by atoms with Crippen LogP contribution in [0.1, 0.15) is 57.6 Å². The highest BCUT2D eigenvalue weighted by molar-refractivity contribution is 6.17. The summed E-state index contributed by atoms with van der Waals surface area (Å²) < 4.78 is 16.5. The van der Waals surface area contributed by atoms with E-state index in [1.165, 1.54) is 6.92 Å². The van der Waals surface area contributed by atoms with E-state index in [9.17, 15) is 14.4 Å². The summed E-state index contributed by atoms with van der Waals surface area (Å²) in [5, 5.41) is 2.62. The number of hydrogen-bond donors (Lipinski definition) is 2. The average Bonchev–Trinajstić information content (AvgIpc) is 3.08. The van der Waals surface area contributed by atoms with Crippen molar-refractivity contribution in [2.24, 2.45) is 10.7 Å². The highest BCUT2D eigenvalue weighted by atomic mass is 16.5. The molecule has 174 valence electrons. The maximum Gasteiger partial charge on any atom is 0.302 e. The Morgan fingerprint density at radius 3 is 2.50 bits per heavy atom. The molecule has 0 saturated carbocycles. The lowest BCUT2D eigenvalue weighted by Gasteiger charge is -2.34. The molecule has 10 nitrogen and oxygen atoms in total. The molecule has 2 aliphatic heterocycles. The fraction of sp³-hybridized carbons (Fsp3) is 0.545. The van der Waals surface area contributed by atoms with Gasteiger partial charge in [0.25, 0.3) is 5.91 Å². The Kier molecular flexibility index (Phi) is 7.55.